The van der Waals surface area contributed by atoms with E-state index in [1.165, 1.54) is 0 Å². The summed E-state index contributed by atoms with van der Waals surface area (Å²) in [4.78, 5) is 15.2. The number of pyridine rings is 1. The maximum absolute atomic E-state index is 10.9. The standard InChI is InChI=1S/C13H18N4O2/c14-4-2-6-17-8-9(7-11(15)13(18)19)10-3-1-5-16-12(10)17/h1,3,5,8,11H,2,4,6-7,14-15H2,(H,18,19)/t11-/m0/s1. The highest BCUT2D eigenvalue weighted by atomic mass is 16.4. The molecule has 102 valence electrons. The summed E-state index contributed by atoms with van der Waals surface area (Å²) in [5.41, 5.74) is 12.9. The number of carbonyl (C=O) groups is 1. The average Bonchev–Trinajstić information content (AvgIpc) is 2.75. The molecule has 0 amide bonds. The quantitative estimate of drug-likeness (QED) is 0.695. The van der Waals surface area contributed by atoms with E-state index in [0.29, 0.717) is 13.0 Å². The highest BCUT2D eigenvalue weighted by Crippen LogP contribution is 2.20. The third kappa shape index (κ3) is 2.91. The van der Waals surface area contributed by atoms with Gasteiger partial charge in [-0.2, -0.15) is 0 Å². The van der Waals surface area contributed by atoms with Crippen LogP contribution >= 0.6 is 0 Å². The molecular weight excluding hydrogens is 244 g/mol. The van der Waals surface area contributed by atoms with Gasteiger partial charge in [-0.1, -0.05) is 0 Å². The maximum Gasteiger partial charge on any atom is 0.320 e. The molecule has 2 heterocycles. The molecular formula is C13H18N4O2. The number of carboxylic acids is 1. The van der Waals surface area contributed by atoms with Crippen LogP contribution < -0.4 is 11.5 Å². The molecule has 6 heteroatoms. The lowest BCUT2D eigenvalue weighted by molar-refractivity contribution is -0.138. The number of hydrogen-bond acceptors (Lipinski definition) is 4. The van der Waals surface area contributed by atoms with Crippen molar-refractivity contribution in [1.29, 1.82) is 0 Å². The minimum Gasteiger partial charge on any atom is -0.480 e. The van der Waals surface area contributed by atoms with Gasteiger partial charge in [-0.15, -0.1) is 0 Å². The van der Waals surface area contributed by atoms with Crippen LogP contribution in [0.15, 0.2) is 24.5 Å². The summed E-state index contributed by atoms with van der Waals surface area (Å²) in [6, 6.07) is 2.88. The molecule has 0 aliphatic carbocycles. The van der Waals surface area contributed by atoms with E-state index in [0.717, 1.165) is 29.6 Å². The van der Waals surface area contributed by atoms with E-state index in [9.17, 15) is 4.79 Å². The maximum atomic E-state index is 10.9. The fourth-order valence-electron chi connectivity index (χ4n) is 2.11. The first-order chi connectivity index (χ1) is 9.13. The van der Waals surface area contributed by atoms with Gasteiger partial charge in [-0.05, 0) is 30.7 Å². The van der Waals surface area contributed by atoms with Gasteiger partial charge in [0.2, 0.25) is 0 Å². The van der Waals surface area contributed by atoms with Gasteiger partial charge in [0.05, 0.1) is 0 Å². The van der Waals surface area contributed by atoms with Gasteiger partial charge in [-0.25, -0.2) is 4.98 Å². The smallest absolute Gasteiger partial charge is 0.320 e. The third-order valence-corrected chi connectivity index (χ3v) is 3.08. The van der Waals surface area contributed by atoms with Gasteiger partial charge in [0.1, 0.15) is 11.7 Å². The van der Waals surface area contributed by atoms with Gasteiger partial charge in [-0.3, -0.25) is 4.79 Å². The Morgan fingerprint density at radius 1 is 1.53 bits per heavy atom. The Hall–Kier alpha value is -1.92. The third-order valence-electron chi connectivity index (χ3n) is 3.08. The van der Waals surface area contributed by atoms with Crippen molar-refractivity contribution in [1.82, 2.24) is 9.55 Å². The number of aryl methyl sites for hydroxylation is 1. The van der Waals surface area contributed by atoms with Gasteiger partial charge < -0.3 is 21.1 Å². The van der Waals surface area contributed by atoms with E-state index in [-0.39, 0.29) is 0 Å². The van der Waals surface area contributed by atoms with Crippen LogP contribution in [0.25, 0.3) is 11.0 Å². The monoisotopic (exact) mass is 262 g/mol. The topological polar surface area (TPSA) is 107 Å². The number of aromatic nitrogens is 2. The zero-order chi connectivity index (χ0) is 13.8. The molecule has 2 aromatic heterocycles. The van der Waals surface area contributed by atoms with Crippen molar-refractivity contribution < 1.29 is 9.90 Å². The molecule has 0 saturated carbocycles. The second-order valence-electron chi connectivity index (χ2n) is 4.51. The minimum absolute atomic E-state index is 0.299. The highest BCUT2D eigenvalue weighted by molar-refractivity contribution is 5.82. The molecule has 0 bridgehead atoms. The highest BCUT2D eigenvalue weighted by Gasteiger charge is 2.16. The molecule has 1 atom stereocenters. The van der Waals surface area contributed by atoms with E-state index in [2.05, 4.69) is 4.98 Å². The first-order valence-corrected chi connectivity index (χ1v) is 6.24. The van der Waals surface area contributed by atoms with Crippen LogP contribution in [0.2, 0.25) is 0 Å². The molecule has 0 spiro atoms. The Bertz CT molecular complexity index is 579. The summed E-state index contributed by atoms with van der Waals surface area (Å²) in [6.07, 6.45) is 4.80. The Balaban J connectivity index is 2.35. The van der Waals surface area contributed by atoms with Gasteiger partial charge in [0, 0.05) is 30.7 Å². The van der Waals surface area contributed by atoms with Gasteiger partial charge in [0.25, 0.3) is 0 Å². The minimum atomic E-state index is -0.994. The Kier molecular flexibility index (Phi) is 4.13. The Labute approximate surface area is 111 Å². The summed E-state index contributed by atoms with van der Waals surface area (Å²) in [5.74, 6) is -0.994. The normalized spacial score (nSPS) is 12.7. The molecule has 2 aromatic rings. The van der Waals surface area contributed by atoms with Crippen LogP contribution in [0, 0.1) is 0 Å². The predicted molar refractivity (Wildman–Crippen MR) is 72.7 cm³/mol. The number of rotatable bonds is 6. The Morgan fingerprint density at radius 2 is 2.32 bits per heavy atom. The number of nitrogens with two attached hydrogens (primary N) is 2. The van der Waals surface area contributed by atoms with Crippen LogP contribution in [0.1, 0.15) is 12.0 Å². The van der Waals surface area contributed by atoms with Gasteiger partial charge in [0.15, 0.2) is 0 Å². The zero-order valence-corrected chi connectivity index (χ0v) is 10.6. The number of nitrogens with zero attached hydrogens (tertiary/aromatic N) is 2. The summed E-state index contributed by atoms with van der Waals surface area (Å²) in [6.45, 7) is 1.38. The first kappa shape index (κ1) is 13.5. The second kappa shape index (κ2) is 5.81. The van der Waals surface area contributed by atoms with Gasteiger partial charge >= 0.3 is 5.97 Å². The van der Waals surface area contributed by atoms with Crippen molar-refractivity contribution in [2.45, 2.75) is 25.4 Å². The van der Waals surface area contributed by atoms with E-state index in [4.69, 9.17) is 16.6 Å². The molecule has 0 unspecified atom stereocenters. The van der Waals surface area contributed by atoms with E-state index in [1.807, 2.05) is 22.9 Å². The molecule has 0 aromatic carbocycles. The van der Waals surface area contributed by atoms with Crippen molar-refractivity contribution in [3.05, 3.63) is 30.1 Å². The summed E-state index contributed by atoms with van der Waals surface area (Å²) in [7, 11) is 0. The van der Waals surface area contributed by atoms with E-state index < -0.39 is 12.0 Å². The Morgan fingerprint density at radius 3 is 3.00 bits per heavy atom. The van der Waals surface area contributed by atoms with Crippen molar-refractivity contribution >= 4 is 17.0 Å². The molecule has 5 N–H and O–H groups in total. The molecule has 2 rings (SSSR count). The lowest BCUT2D eigenvalue weighted by atomic mass is 10.1. The van der Waals surface area contributed by atoms with Crippen molar-refractivity contribution in [2.24, 2.45) is 11.5 Å². The summed E-state index contributed by atoms with van der Waals surface area (Å²) >= 11 is 0. The zero-order valence-electron chi connectivity index (χ0n) is 10.6. The van der Waals surface area contributed by atoms with Crippen molar-refractivity contribution in [3.8, 4) is 0 Å². The number of carboxylic acid groups (broad SMARTS) is 1. The average molecular weight is 262 g/mol. The van der Waals surface area contributed by atoms with E-state index in [1.54, 1.807) is 6.20 Å². The van der Waals surface area contributed by atoms with Crippen LogP contribution in [-0.4, -0.2) is 33.2 Å². The fourth-order valence-corrected chi connectivity index (χ4v) is 2.11. The molecule has 0 fully saturated rings. The molecule has 0 aliphatic rings. The van der Waals surface area contributed by atoms with Crippen LogP contribution in [0.3, 0.4) is 0 Å². The largest absolute Gasteiger partial charge is 0.480 e. The fraction of sp³-hybridized carbons (Fsp3) is 0.385. The van der Waals surface area contributed by atoms with Crippen LogP contribution in [0.5, 0.6) is 0 Å². The van der Waals surface area contributed by atoms with Crippen molar-refractivity contribution in [3.63, 3.8) is 0 Å². The molecule has 0 aliphatic heterocycles. The molecule has 6 nitrogen and oxygen atoms in total. The second-order valence-corrected chi connectivity index (χ2v) is 4.51. The number of hydrogen-bond donors (Lipinski definition) is 3. The summed E-state index contributed by atoms with van der Waals surface area (Å²) < 4.78 is 2.01. The lowest BCUT2D eigenvalue weighted by Crippen LogP contribution is -2.32. The SMILES string of the molecule is NCCCn1cc(C[C@H](N)C(=O)O)c2cccnc21. The molecule has 0 saturated heterocycles. The first-order valence-electron chi connectivity index (χ1n) is 6.24. The van der Waals surface area contributed by atoms with E-state index >= 15 is 0 Å². The van der Waals surface area contributed by atoms with Crippen molar-refractivity contribution in [2.75, 3.05) is 6.54 Å². The summed E-state index contributed by atoms with van der Waals surface area (Å²) in [5, 5.41) is 9.85. The molecule has 0 radical (unpaired) electrons. The molecule has 19 heavy (non-hydrogen) atoms. The lowest BCUT2D eigenvalue weighted by Gasteiger charge is -2.04. The van der Waals surface area contributed by atoms with Crippen LogP contribution in [-0.2, 0) is 17.8 Å². The number of aliphatic carboxylic acids is 1. The van der Waals surface area contributed by atoms with Crippen LogP contribution in [0.4, 0.5) is 0 Å². The predicted octanol–water partition coefficient (Wildman–Crippen LogP) is 0.340. The number of fused-ring (bicyclic) bond motifs is 1.